The van der Waals surface area contributed by atoms with Gasteiger partial charge < -0.3 is 14.9 Å². The van der Waals surface area contributed by atoms with Gasteiger partial charge in [-0.05, 0) is 36.2 Å². The van der Waals surface area contributed by atoms with Gasteiger partial charge in [-0.1, -0.05) is 37.0 Å². The number of hydrogen-bond donors (Lipinski definition) is 1. The van der Waals surface area contributed by atoms with Crippen LogP contribution in [0.25, 0.3) is 0 Å². The van der Waals surface area contributed by atoms with Crippen molar-refractivity contribution in [2.45, 2.75) is 37.8 Å². The Morgan fingerprint density at radius 1 is 1.23 bits per heavy atom. The largest absolute Gasteiger partial charge is 0.394 e. The Hall–Kier alpha value is -3.17. The van der Waals surface area contributed by atoms with Crippen molar-refractivity contribution in [3.63, 3.8) is 0 Å². The Kier molecular flexibility index (Phi) is 5.82. The van der Waals surface area contributed by atoms with Gasteiger partial charge in [-0.2, -0.15) is 0 Å². The van der Waals surface area contributed by atoms with Gasteiger partial charge in [-0.15, -0.1) is 0 Å². The first-order valence-corrected chi connectivity index (χ1v) is 10.3. The molecule has 30 heavy (non-hydrogen) atoms. The molecule has 3 heterocycles. The average Bonchev–Trinajstić information content (AvgIpc) is 2.76. The molecule has 0 saturated carbocycles. The molecule has 6 nitrogen and oxygen atoms in total. The molecule has 2 aliphatic rings. The van der Waals surface area contributed by atoms with E-state index in [-0.39, 0.29) is 43.0 Å². The van der Waals surface area contributed by atoms with Crippen LogP contribution in [0.3, 0.4) is 0 Å². The van der Waals surface area contributed by atoms with Gasteiger partial charge in [0.05, 0.1) is 18.7 Å². The van der Waals surface area contributed by atoms with Gasteiger partial charge in [-0.25, -0.2) is 0 Å². The molecule has 6 heteroatoms. The van der Waals surface area contributed by atoms with Crippen LogP contribution in [0.4, 0.5) is 0 Å². The fraction of sp³-hybridized carbons (Fsp3) is 0.375. The summed E-state index contributed by atoms with van der Waals surface area (Å²) in [5, 5.41) is 9.92. The minimum Gasteiger partial charge on any atom is -0.394 e. The molecule has 2 aliphatic heterocycles. The highest BCUT2D eigenvalue weighted by molar-refractivity contribution is 5.96. The summed E-state index contributed by atoms with van der Waals surface area (Å²) in [5.41, 5.74) is 2.34. The van der Waals surface area contributed by atoms with Crippen LogP contribution in [0, 0.1) is 11.8 Å². The monoisotopic (exact) mass is 403 g/mol. The van der Waals surface area contributed by atoms with Crippen LogP contribution in [-0.2, 0) is 4.79 Å². The fourth-order valence-electron chi connectivity index (χ4n) is 4.38. The predicted octanol–water partition coefficient (Wildman–Crippen LogP) is 2.04. The van der Waals surface area contributed by atoms with E-state index >= 15 is 0 Å². The van der Waals surface area contributed by atoms with Crippen LogP contribution in [0.2, 0.25) is 0 Å². The summed E-state index contributed by atoms with van der Waals surface area (Å²) in [7, 11) is 0. The topological polar surface area (TPSA) is 73.7 Å². The van der Waals surface area contributed by atoms with E-state index in [0.717, 1.165) is 24.0 Å². The Labute approximate surface area is 176 Å². The molecule has 1 aromatic carbocycles. The number of aliphatic hydroxyl groups excluding tert-OH is 1. The standard InChI is InChI=1S/C24H25N3O3/c1-2-3-4-7-17-9-11-18(12-10-17)23-20-14-26(15-22(29)27(20)21(23)16-28)24(30)19-8-5-6-13-25-19/h5-6,8-13,20-21,23,28H,2-3,14-16H2,1H3/t20-,21-,23-/m1/s1. The first-order valence-electron chi connectivity index (χ1n) is 10.3. The lowest BCUT2D eigenvalue weighted by molar-refractivity contribution is -0.159. The molecule has 4 rings (SSSR count). The minimum atomic E-state index is -0.258. The summed E-state index contributed by atoms with van der Waals surface area (Å²) in [6.45, 7) is 2.45. The molecule has 0 spiro atoms. The number of fused-ring (bicyclic) bond motifs is 1. The number of carbonyl (C=O) groups excluding carboxylic acids is 2. The summed E-state index contributed by atoms with van der Waals surface area (Å²) in [5.74, 6) is 5.90. The summed E-state index contributed by atoms with van der Waals surface area (Å²) in [4.78, 5) is 33.0. The van der Waals surface area contributed by atoms with Crippen molar-refractivity contribution in [3.05, 3.63) is 65.5 Å². The van der Waals surface area contributed by atoms with E-state index in [9.17, 15) is 14.7 Å². The number of benzene rings is 1. The van der Waals surface area contributed by atoms with Gasteiger partial charge in [0, 0.05) is 30.6 Å². The Morgan fingerprint density at radius 3 is 2.70 bits per heavy atom. The number of unbranched alkanes of at least 4 members (excludes halogenated alkanes) is 1. The van der Waals surface area contributed by atoms with Gasteiger partial charge in [0.2, 0.25) is 5.91 Å². The number of piperazine rings is 1. The molecule has 2 aromatic rings. The lowest BCUT2D eigenvalue weighted by atomic mass is 9.73. The number of rotatable bonds is 4. The molecule has 0 aliphatic carbocycles. The molecule has 0 radical (unpaired) electrons. The van der Waals surface area contributed by atoms with Gasteiger partial charge in [0.15, 0.2) is 0 Å². The molecular formula is C24H25N3O3. The normalized spacial score (nSPS) is 22.6. The third-order valence-electron chi connectivity index (χ3n) is 5.83. The number of hydrogen-bond acceptors (Lipinski definition) is 4. The zero-order valence-corrected chi connectivity index (χ0v) is 17.0. The highest BCUT2D eigenvalue weighted by Gasteiger charge is 2.54. The number of aliphatic hydroxyl groups is 1. The van der Waals surface area contributed by atoms with E-state index in [2.05, 4.69) is 23.7 Å². The molecule has 3 atom stereocenters. The number of pyridine rings is 1. The Morgan fingerprint density at radius 2 is 2.03 bits per heavy atom. The maximum Gasteiger partial charge on any atom is 0.272 e. The molecule has 2 amide bonds. The third-order valence-corrected chi connectivity index (χ3v) is 5.83. The zero-order valence-electron chi connectivity index (χ0n) is 17.0. The second-order valence-electron chi connectivity index (χ2n) is 7.72. The van der Waals surface area contributed by atoms with Gasteiger partial charge >= 0.3 is 0 Å². The van der Waals surface area contributed by atoms with Gasteiger partial charge in [0.1, 0.15) is 12.2 Å². The molecular weight excluding hydrogens is 378 g/mol. The summed E-state index contributed by atoms with van der Waals surface area (Å²) in [6.07, 6.45) is 3.48. The lowest BCUT2D eigenvalue weighted by Crippen LogP contribution is -2.73. The highest BCUT2D eigenvalue weighted by Crippen LogP contribution is 2.43. The molecule has 154 valence electrons. The second kappa shape index (κ2) is 8.68. The molecule has 0 bridgehead atoms. The average molecular weight is 403 g/mol. The summed E-state index contributed by atoms with van der Waals surface area (Å²) in [6, 6.07) is 12.8. The van der Waals surface area contributed by atoms with E-state index < -0.39 is 0 Å². The number of carbonyl (C=O) groups is 2. The Balaban J connectivity index is 1.54. The van der Waals surface area contributed by atoms with Crippen LogP contribution in [0.15, 0.2) is 48.7 Å². The van der Waals surface area contributed by atoms with Crippen LogP contribution < -0.4 is 0 Å². The summed E-state index contributed by atoms with van der Waals surface area (Å²) >= 11 is 0. The van der Waals surface area contributed by atoms with Crippen molar-refractivity contribution in [2.75, 3.05) is 19.7 Å². The van der Waals surface area contributed by atoms with Crippen molar-refractivity contribution in [2.24, 2.45) is 0 Å². The summed E-state index contributed by atoms with van der Waals surface area (Å²) < 4.78 is 0. The van der Waals surface area contributed by atoms with Crippen molar-refractivity contribution in [3.8, 4) is 11.8 Å². The van der Waals surface area contributed by atoms with Crippen LogP contribution in [0.5, 0.6) is 0 Å². The van der Waals surface area contributed by atoms with Crippen molar-refractivity contribution in [1.82, 2.24) is 14.8 Å². The van der Waals surface area contributed by atoms with Gasteiger partial charge in [-0.3, -0.25) is 14.6 Å². The molecule has 1 aromatic heterocycles. The van der Waals surface area contributed by atoms with Crippen molar-refractivity contribution >= 4 is 11.8 Å². The van der Waals surface area contributed by atoms with E-state index in [1.165, 1.54) is 0 Å². The van der Waals surface area contributed by atoms with Crippen LogP contribution in [-0.4, -0.2) is 63.5 Å². The highest BCUT2D eigenvalue weighted by atomic mass is 16.3. The molecule has 2 saturated heterocycles. The Bertz CT molecular complexity index is 978. The van der Waals surface area contributed by atoms with Crippen molar-refractivity contribution in [1.29, 1.82) is 0 Å². The maximum absolute atomic E-state index is 12.8. The SMILES string of the molecule is CCCC#Cc1ccc([C@H]2[C@@H](CO)N3C(=O)CN(C(=O)c4ccccn4)C[C@H]23)cc1. The van der Waals surface area contributed by atoms with Crippen LogP contribution in [0.1, 0.15) is 47.3 Å². The minimum absolute atomic E-state index is 0.0150. The predicted molar refractivity (Wildman–Crippen MR) is 113 cm³/mol. The number of aromatic nitrogens is 1. The first kappa shape index (κ1) is 20.1. The fourth-order valence-corrected chi connectivity index (χ4v) is 4.38. The maximum atomic E-state index is 12.8. The van der Waals surface area contributed by atoms with Gasteiger partial charge in [0.25, 0.3) is 5.91 Å². The number of nitrogens with zero attached hydrogens (tertiary/aromatic N) is 3. The van der Waals surface area contributed by atoms with E-state index in [1.807, 2.05) is 24.3 Å². The zero-order chi connectivity index (χ0) is 21.1. The van der Waals surface area contributed by atoms with Crippen molar-refractivity contribution < 1.29 is 14.7 Å². The molecule has 1 N–H and O–H groups in total. The van der Waals surface area contributed by atoms with E-state index in [0.29, 0.717) is 12.2 Å². The first-order chi connectivity index (χ1) is 14.6. The molecule has 2 fully saturated rings. The number of amides is 2. The molecule has 0 unspecified atom stereocenters. The lowest BCUT2D eigenvalue weighted by Gasteiger charge is -2.58. The van der Waals surface area contributed by atoms with E-state index in [4.69, 9.17) is 0 Å². The second-order valence-corrected chi connectivity index (χ2v) is 7.72. The smallest absolute Gasteiger partial charge is 0.272 e. The quantitative estimate of drug-likeness (QED) is 0.793. The van der Waals surface area contributed by atoms with Crippen LogP contribution >= 0.6 is 0 Å². The van der Waals surface area contributed by atoms with E-state index in [1.54, 1.807) is 34.2 Å². The third kappa shape index (κ3) is 3.69.